The second-order valence-electron chi connectivity index (χ2n) is 8.95. The van der Waals surface area contributed by atoms with Gasteiger partial charge in [0.25, 0.3) is 5.91 Å². The van der Waals surface area contributed by atoms with Gasteiger partial charge in [0.15, 0.2) is 5.76 Å². The highest BCUT2D eigenvalue weighted by molar-refractivity contribution is 7.89. The Hall–Kier alpha value is -3.46. The molecule has 2 atom stereocenters. The minimum absolute atomic E-state index is 0.118. The zero-order valence-corrected chi connectivity index (χ0v) is 19.8. The largest absolute Gasteiger partial charge is 0.459 e. The molecule has 1 fully saturated rings. The molecule has 1 N–H and O–H groups in total. The van der Waals surface area contributed by atoms with Crippen molar-refractivity contribution < 1.29 is 17.6 Å². The SMILES string of the molecule is O=C(c1ccco1)N1CCN([C@H]2c3cccc4cccc(c34)[C@@H]2NS(=O)(=O)c2ccccc2)CC1. The van der Waals surface area contributed by atoms with Gasteiger partial charge in [0.1, 0.15) is 0 Å². The van der Waals surface area contributed by atoms with Crippen molar-refractivity contribution in [2.75, 3.05) is 26.2 Å². The van der Waals surface area contributed by atoms with E-state index in [1.54, 1.807) is 47.4 Å². The Kier molecular flexibility index (Phi) is 5.44. The molecule has 0 unspecified atom stereocenters. The van der Waals surface area contributed by atoms with Gasteiger partial charge in [-0.3, -0.25) is 9.69 Å². The van der Waals surface area contributed by atoms with Crippen molar-refractivity contribution in [2.45, 2.75) is 17.0 Å². The molecule has 1 aliphatic carbocycles. The zero-order valence-electron chi connectivity index (χ0n) is 19.0. The highest BCUT2D eigenvalue weighted by Crippen LogP contribution is 2.47. The number of furan rings is 1. The van der Waals surface area contributed by atoms with Crippen molar-refractivity contribution in [3.63, 3.8) is 0 Å². The number of benzene rings is 3. The lowest BCUT2D eigenvalue weighted by molar-refractivity contribution is 0.0512. The van der Waals surface area contributed by atoms with E-state index in [2.05, 4.69) is 27.8 Å². The van der Waals surface area contributed by atoms with Crippen LogP contribution in [-0.4, -0.2) is 50.3 Å². The highest BCUT2D eigenvalue weighted by Gasteiger charge is 2.41. The van der Waals surface area contributed by atoms with Gasteiger partial charge in [-0.1, -0.05) is 54.6 Å². The normalized spacial score (nSPS) is 20.4. The van der Waals surface area contributed by atoms with E-state index in [1.165, 1.54) is 6.26 Å². The number of carbonyl (C=O) groups is 1. The van der Waals surface area contributed by atoms with Crippen LogP contribution in [0, 0.1) is 0 Å². The Morgan fingerprint density at radius 1 is 0.829 bits per heavy atom. The van der Waals surface area contributed by atoms with Crippen molar-refractivity contribution in [3.05, 3.63) is 102 Å². The summed E-state index contributed by atoms with van der Waals surface area (Å²) in [5.41, 5.74) is 2.10. The monoisotopic (exact) mass is 487 g/mol. The molecule has 1 aliphatic heterocycles. The molecule has 35 heavy (non-hydrogen) atoms. The van der Waals surface area contributed by atoms with Gasteiger partial charge in [0.05, 0.1) is 23.2 Å². The Bertz CT molecular complexity index is 1470. The molecule has 178 valence electrons. The standard InChI is InChI=1S/C27H25N3O4S/c31-27(23-13-6-18-34-23)30-16-14-29(15-17-30)26-22-12-5-8-19-7-4-11-21(24(19)22)25(26)28-35(32,33)20-9-2-1-3-10-20/h1-13,18,25-26,28H,14-17H2/t25-,26-/m0/s1. The van der Waals surface area contributed by atoms with E-state index < -0.39 is 16.1 Å². The highest BCUT2D eigenvalue weighted by atomic mass is 32.2. The summed E-state index contributed by atoms with van der Waals surface area (Å²) >= 11 is 0. The van der Waals surface area contributed by atoms with Gasteiger partial charge < -0.3 is 9.32 Å². The van der Waals surface area contributed by atoms with Crippen LogP contribution in [-0.2, 0) is 10.0 Å². The van der Waals surface area contributed by atoms with Crippen LogP contribution >= 0.6 is 0 Å². The lowest BCUT2D eigenvalue weighted by Crippen LogP contribution is -2.51. The third kappa shape index (κ3) is 3.83. The first-order valence-electron chi connectivity index (χ1n) is 11.7. The average molecular weight is 488 g/mol. The van der Waals surface area contributed by atoms with Crippen LogP contribution in [0.2, 0.25) is 0 Å². The van der Waals surface area contributed by atoms with E-state index in [0.29, 0.717) is 31.9 Å². The maximum atomic E-state index is 13.4. The van der Waals surface area contributed by atoms with E-state index in [-0.39, 0.29) is 16.8 Å². The first-order valence-corrected chi connectivity index (χ1v) is 13.2. The van der Waals surface area contributed by atoms with Gasteiger partial charge in [0, 0.05) is 26.2 Å². The second kappa shape index (κ2) is 8.64. The van der Waals surface area contributed by atoms with Gasteiger partial charge in [0.2, 0.25) is 10.0 Å². The molecule has 2 heterocycles. The minimum Gasteiger partial charge on any atom is -0.459 e. The minimum atomic E-state index is -3.74. The molecule has 0 saturated carbocycles. The molecule has 1 aromatic heterocycles. The fourth-order valence-corrected chi connectivity index (χ4v) is 6.63. The third-order valence-electron chi connectivity index (χ3n) is 7.00. The molecule has 0 spiro atoms. The number of nitrogens with zero attached hydrogens (tertiary/aromatic N) is 2. The van der Waals surface area contributed by atoms with Crippen molar-refractivity contribution in [1.29, 1.82) is 0 Å². The molecule has 6 rings (SSSR count). The van der Waals surface area contributed by atoms with Crippen LogP contribution in [0.3, 0.4) is 0 Å². The molecule has 0 radical (unpaired) electrons. The molecule has 0 bridgehead atoms. The summed E-state index contributed by atoms with van der Waals surface area (Å²) in [5.74, 6) is 0.220. The Labute approximate surface area is 204 Å². The molecular formula is C27H25N3O4S. The maximum absolute atomic E-state index is 13.4. The van der Waals surface area contributed by atoms with Crippen molar-refractivity contribution in [2.24, 2.45) is 0 Å². The van der Waals surface area contributed by atoms with E-state index >= 15 is 0 Å². The number of carbonyl (C=O) groups excluding carboxylic acids is 1. The summed E-state index contributed by atoms with van der Waals surface area (Å²) in [7, 11) is -3.74. The Balaban J connectivity index is 1.33. The van der Waals surface area contributed by atoms with Crippen LogP contribution in [0.15, 0.2) is 94.4 Å². The number of hydrogen-bond donors (Lipinski definition) is 1. The summed E-state index contributed by atoms with van der Waals surface area (Å²) in [6.45, 7) is 2.34. The molecule has 7 nitrogen and oxygen atoms in total. The van der Waals surface area contributed by atoms with Crippen LogP contribution in [0.5, 0.6) is 0 Å². The summed E-state index contributed by atoms with van der Waals surface area (Å²) in [5, 5.41) is 2.20. The van der Waals surface area contributed by atoms with Crippen LogP contribution in [0.1, 0.15) is 33.8 Å². The number of hydrogen-bond acceptors (Lipinski definition) is 5. The summed E-state index contributed by atoms with van der Waals surface area (Å²) in [4.78, 5) is 17.1. The Morgan fingerprint density at radius 3 is 2.23 bits per heavy atom. The smallest absolute Gasteiger partial charge is 0.289 e. The third-order valence-corrected chi connectivity index (χ3v) is 8.46. The lowest BCUT2D eigenvalue weighted by atomic mass is 10.0. The number of rotatable bonds is 5. The fourth-order valence-electron chi connectivity index (χ4n) is 5.38. The first-order chi connectivity index (χ1) is 17.0. The van der Waals surface area contributed by atoms with Crippen LogP contribution < -0.4 is 4.72 Å². The number of nitrogens with one attached hydrogen (secondary N) is 1. The van der Waals surface area contributed by atoms with Crippen molar-refractivity contribution in [3.8, 4) is 0 Å². The van der Waals surface area contributed by atoms with Gasteiger partial charge in [-0.25, -0.2) is 13.1 Å². The number of piperazine rings is 1. The van der Waals surface area contributed by atoms with Crippen molar-refractivity contribution >= 4 is 26.7 Å². The van der Waals surface area contributed by atoms with Gasteiger partial charge in [-0.05, 0) is 46.2 Å². The van der Waals surface area contributed by atoms with Crippen molar-refractivity contribution in [1.82, 2.24) is 14.5 Å². The molecule has 8 heteroatoms. The predicted octanol–water partition coefficient (Wildman–Crippen LogP) is 3.97. The van der Waals surface area contributed by atoms with E-state index in [9.17, 15) is 13.2 Å². The van der Waals surface area contributed by atoms with Gasteiger partial charge in [-0.2, -0.15) is 0 Å². The quantitative estimate of drug-likeness (QED) is 0.461. The number of amides is 1. The predicted molar refractivity (Wildman–Crippen MR) is 132 cm³/mol. The molecule has 1 amide bonds. The second-order valence-corrected chi connectivity index (χ2v) is 10.7. The van der Waals surface area contributed by atoms with Gasteiger partial charge in [-0.15, -0.1) is 0 Å². The fraction of sp³-hybridized carbons (Fsp3) is 0.222. The van der Waals surface area contributed by atoms with E-state index in [1.807, 2.05) is 18.2 Å². The molecule has 1 saturated heterocycles. The topological polar surface area (TPSA) is 82.9 Å². The van der Waals surface area contributed by atoms with E-state index in [4.69, 9.17) is 4.42 Å². The number of sulfonamides is 1. The summed E-state index contributed by atoms with van der Waals surface area (Å²) in [6.07, 6.45) is 1.50. The Morgan fingerprint density at radius 2 is 1.54 bits per heavy atom. The van der Waals surface area contributed by atoms with Gasteiger partial charge >= 0.3 is 0 Å². The molecule has 4 aromatic rings. The van der Waals surface area contributed by atoms with Crippen LogP contribution in [0.25, 0.3) is 10.8 Å². The zero-order chi connectivity index (χ0) is 24.0. The molecular weight excluding hydrogens is 462 g/mol. The summed E-state index contributed by atoms with van der Waals surface area (Å²) in [6, 6.07) is 23.5. The first kappa shape index (κ1) is 22.0. The lowest BCUT2D eigenvalue weighted by Gasteiger charge is -2.40. The maximum Gasteiger partial charge on any atom is 0.289 e. The van der Waals surface area contributed by atoms with E-state index in [0.717, 1.165) is 21.9 Å². The molecule has 2 aliphatic rings. The average Bonchev–Trinajstić information content (AvgIpc) is 3.53. The molecule has 3 aromatic carbocycles. The summed E-state index contributed by atoms with van der Waals surface area (Å²) < 4.78 is 35.0. The van der Waals surface area contributed by atoms with Crippen LogP contribution in [0.4, 0.5) is 0 Å².